The Labute approximate surface area is 135 Å². The Kier molecular flexibility index (Phi) is 4.89. The van der Waals surface area contributed by atoms with Crippen molar-refractivity contribution in [1.82, 2.24) is 5.32 Å². The Morgan fingerprint density at radius 1 is 1.30 bits per heavy atom. The molecule has 2 aliphatic carbocycles. The molecule has 2 fully saturated rings. The van der Waals surface area contributed by atoms with E-state index in [-0.39, 0.29) is 0 Å². The molecule has 1 aromatic rings. The summed E-state index contributed by atoms with van der Waals surface area (Å²) in [5.41, 5.74) is 2.05. The second-order valence-corrected chi connectivity index (χ2v) is 9.31. The van der Waals surface area contributed by atoms with Crippen LogP contribution in [0.4, 0.5) is 0 Å². The van der Waals surface area contributed by atoms with Crippen LogP contribution in [0.3, 0.4) is 0 Å². The maximum atomic E-state index is 3.71. The average Bonchev–Trinajstić information content (AvgIpc) is 3.03. The molecule has 0 saturated heterocycles. The first-order valence-corrected chi connectivity index (χ1v) is 9.76. The number of nitrogens with one attached hydrogen (secondary N) is 1. The molecular formula is C17H26BrNS. The molecule has 2 aliphatic rings. The van der Waals surface area contributed by atoms with Crippen LogP contribution in [0.1, 0.15) is 61.8 Å². The van der Waals surface area contributed by atoms with E-state index in [4.69, 9.17) is 0 Å². The van der Waals surface area contributed by atoms with E-state index < -0.39 is 0 Å². The molecule has 0 radical (unpaired) electrons. The van der Waals surface area contributed by atoms with Gasteiger partial charge in [-0.25, -0.2) is 0 Å². The Bertz CT molecular complexity index is 424. The summed E-state index contributed by atoms with van der Waals surface area (Å²) >= 11 is 5.59. The van der Waals surface area contributed by atoms with Crippen LogP contribution in [-0.4, -0.2) is 12.6 Å². The second-order valence-electron chi connectivity index (χ2n) is 6.85. The summed E-state index contributed by atoms with van der Waals surface area (Å²) in [6.45, 7) is 3.45. The number of thiophene rings is 1. The van der Waals surface area contributed by atoms with Crippen LogP contribution < -0.4 is 5.32 Å². The van der Waals surface area contributed by atoms with Crippen molar-refractivity contribution in [2.45, 2.75) is 70.8 Å². The van der Waals surface area contributed by atoms with Gasteiger partial charge >= 0.3 is 0 Å². The number of aryl methyl sites for hydroxylation is 2. The molecule has 1 nitrogen and oxygen atoms in total. The Morgan fingerprint density at radius 3 is 2.65 bits per heavy atom. The van der Waals surface area contributed by atoms with E-state index in [1.54, 1.807) is 4.88 Å². The van der Waals surface area contributed by atoms with Crippen molar-refractivity contribution in [3.8, 4) is 0 Å². The van der Waals surface area contributed by atoms with E-state index in [1.807, 2.05) is 11.3 Å². The predicted molar refractivity (Wildman–Crippen MR) is 91.6 cm³/mol. The van der Waals surface area contributed by atoms with Crippen molar-refractivity contribution in [2.24, 2.45) is 5.41 Å². The fourth-order valence-corrected chi connectivity index (χ4v) is 5.24. The summed E-state index contributed by atoms with van der Waals surface area (Å²) < 4.78 is 1.32. The van der Waals surface area contributed by atoms with Gasteiger partial charge in [-0.2, -0.15) is 0 Å². The van der Waals surface area contributed by atoms with Crippen LogP contribution in [0.2, 0.25) is 0 Å². The first-order chi connectivity index (χ1) is 9.67. The molecule has 0 unspecified atom stereocenters. The van der Waals surface area contributed by atoms with E-state index in [1.165, 1.54) is 73.7 Å². The smallest absolute Gasteiger partial charge is 0.0730 e. The molecule has 1 N–H and O–H groups in total. The molecule has 0 aliphatic heterocycles. The van der Waals surface area contributed by atoms with Crippen LogP contribution in [0.25, 0.3) is 0 Å². The summed E-state index contributed by atoms with van der Waals surface area (Å²) in [6.07, 6.45) is 12.7. The zero-order valence-electron chi connectivity index (χ0n) is 12.5. The SMILES string of the molecule is Cc1cc(CCC2(CCNC3CC3)CCCC2)sc1Br. The highest BCUT2D eigenvalue weighted by atomic mass is 79.9. The molecule has 3 heteroatoms. The molecule has 0 spiro atoms. The fraction of sp³-hybridized carbons (Fsp3) is 0.765. The Hall–Kier alpha value is 0.140. The second kappa shape index (κ2) is 6.50. The summed E-state index contributed by atoms with van der Waals surface area (Å²) in [7, 11) is 0. The van der Waals surface area contributed by atoms with Gasteiger partial charge in [0, 0.05) is 10.9 Å². The van der Waals surface area contributed by atoms with Gasteiger partial charge in [0.15, 0.2) is 0 Å². The van der Waals surface area contributed by atoms with Crippen LogP contribution >= 0.6 is 27.3 Å². The van der Waals surface area contributed by atoms with Gasteiger partial charge in [0.2, 0.25) is 0 Å². The van der Waals surface area contributed by atoms with Crippen LogP contribution in [0.15, 0.2) is 9.85 Å². The number of hydrogen-bond donors (Lipinski definition) is 1. The summed E-state index contributed by atoms with van der Waals surface area (Å²) in [6, 6.07) is 3.24. The Balaban J connectivity index is 1.52. The third-order valence-corrected chi connectivity index (χ3v) is 7.34. The molecule has 20 heavy (non-hydrogen) atoms. The first kappa shape index (κ1) is 15.1. The maximum absolute atomic E-state index is 3.71. The highest BCUT2D eigenvalue weighted by molar-refractivity contribution is 9.11. The minimum Gasteiger partial charge on any atom is -0.314 e. The zero-order chi connectivity index (χ0) is 14.0. The molecule has 2 saturated carbocycles. The number of hydrogen-bond acceptors (Lipinski definition) is 2. The monoisotopic (exact) mass is 355 g/mol. The molecule has 0 atom stereocenters. The van der Waals surface area contributed by atoms with Crippen molar-refractivity contribution in [3.05, 3.63) is 20.3 Å². The number of halogens is 1. The van der Waals surface area contributed by atoms with Gasteiger partial charge in [-0.15, -0.1) is 11.3 Å². The summed E-state index contributed by atoms with van der Waals surface area (Å²) in [5, 5.41) is 3.71. The maximum Gasteiger partial charge on any atom is 0.0730 e. The topological polar surface area (TPSA) is 12.0 Å². The van der Waals surface area contributed by atoms with Gasteiger partial charge in [-0.05, 0) is 91.4 Å². The largest absolute Gasteiger partial charge is 0.314 e. The van der Waals surface area contributed by atoms with Crippen LogP contribution in [0, 0.1) is 12.3 Å². The molecule has 1 aromatic heterocycles. The average molecular weight is 356 g/mol. The van der Waals surface area contributed by atoms with Crippen LogP contribution in [0.5, 0.6) is 0 Å². The molecule has 112 valence electrons. The fourth-order valence-electron chi connectivity index (χ4n) is 3.61. The van der Waals surface area contributed by atoms with Gasteiger partial charge in [0.25, 0.3) is 0 Å². The van der Waals surface area contributed by atoms with Crippen molar-refractivity contribution in [2.75, 3.05) is 6.54 Å². The quantitative estimate of drug-likeness (QED) is 0.685. The minimum atomic E-state index is 0.645. The third kappa shape index (κ3) is 3.86. The molecule has 0 bridgehead atoms. The van der Waals surface area contributed by atoms with E-state index in [9.17, 15) is 0 Å². The van der Waals surface area contributed by atoms with E-state index in [2.05, 4.69) is 34.2 Å². The number of rotatable bonds is 7. The van der Waals surface area contributed by atoms with Gasteiger partial charge in [0.1, 0.15) is 0 Å². The highest BCUT2D eigenvalue weighted by Gasteiger charge is 2.33. The van der Waals surface area contributed by atoms with Gasteiger partial charge in [-0.1, -0.05) is 12.8 Å². The Morgan fingerprint density at radius 2 is 2.05 bits per heavy atom. The van der Waals surface area contributed by atoms with Gasteiger partial charge in [-0.3, -0.25) is 0 Å². The van der Waals surface area contributed by atoms with Gasteiger partial charge in [0.05, 0.1) is 3.79 Å². The molecular weight excluding hydrogens is 330 g/mol. The van der Waals surface area contributed by atoms with E-state index in [0.29, 0.717) is 5.41 Å². The predicted octanol–water partition coefficient (Wildman–Crippen LogP) is 5.45. The molecule has 0 amide bonds. The van der Waals surface area contributed by atoms with Gasteiger partial charge < -0.3 is 5.32 Å². The molecule has 1 heterocycles. The van der Waals surface area contributed by atoms with Crippen molar-refractivity contribution < 1.29 is 0 Å². The lowest BCUT2D eigenvalue weighted by Gasteiger charge is -2.29. The summed E-state index contributed by atoms with van der Waals surface area (Å²) in [4.78, 5) is 1.57. The van der Waals surface area contributed by atoms with Crippen molar-refractivity contribution >= 4 is 27.3 Å². The van der Waals surface area contributed by atoms with Crippen molar-refractivity contribution in [3.63, 3.8) is 0 Å². The zero-order valence-corrected chi connectivity index (χ0v) is 14.9. The lowest BCUT2D eigenvalue weighted by molar-refractivity contribution is 0.245. The first-order valence-electron chi connectivity index (χ1n) is 8.15. The lowest BCUT2D eigenvalue weighted by Crippen LogP contribution is -2.26. The van der Waals surface area contributed by atoms with Crippen LogP contribution in [-0.2, 0) is 6.42 Å². The summed E-state index contributed by atoms with van der Waals surface area (Å²) in [5.74, 6) is 0. The third-order valence-electron chi connectivity index (χ3n) is 5.14. The molecule has 0 aromatic carbocycles. The van der Waals surface area contributed by atoms with E-state index in [0.717, 1.165) is 6.04 Å². The lowest BCUT2D eigenvalue weighted by atomic mass is 9.78. The normalized spacial score (nSPS) is 21.5. The minimum absolute atomic E-state index is 0.645. The standard InChI is InChI=1S/C17H26BrNS/c1-13-12-15(20-16(13)18)6-9-17(7-2-3-8-17)10-11-19-14-4-5-14/h12,14,19H,2-11H2,1H3. The van der Waals surface area contributed by atoms with Crippen molar-refractivity contribution in [1.29, 1.82) is 0 Å². The molecule has 3 rings (SSSR count). The van der Waals surface area contributed by atoms with E-state index >= 15 is 0 Å². The highest BCUT2D eigenvalue weighted by Crippen LogP contribution is 2.45.